The second-order valence-electron chi connectivity index (χ2n) is 6.93. The number of fused-ring (bicyclic) bond motifs is 1. The molecule has 0 spiro atoms. The van der Waals surface area contributed by atoms with Gasteiger partial charge in [-0.05, 0) is 51.5 Å². The van der Waals surface area contributed by atoms with Crippen LogP contribution in [0, 0.1) is 5.92 Å². The standard InChI is InChI=1S/C15H26N2O2/c1-15(14(18)19,16-12-6-7-12)10-17-9-8-11-4-2-3-5-13(11)17/h11-13,16H,2-10H2,1H3,(H,18,19). The number of aliphatic carboxylic acids is 1. The lowest BCUT2D eigenvalue weighted by atomic mass is 9.85. The van der Waals surface area contributed by atoms with Crippen LogP contribution < -0.4 is 5.32 Å². The molecule has 0 aromatic heterocycles. The van der Waals surface area contributed by atoms with Crippen LogP contribution in [-0.2, 0) is 4.79 Å². The molecule has 4 nitrogen and oxygen atoms in total. The number of carboxylic acids is 1. The first kappa shape index (κ1) is 13.4. The highest BCUT2D eigenvalue weighted by Crippen LogP contribution is 2.37. The fourth-order valence-electron chi connectivity index (χ4n) is 3.96. The molecule has 2 N–H and O–H groups in total. The van der Waals surface area contributed by atoms with Gasteiger partial charge in [0.15, 0.2) is 0 Å². The lowest BCUT2D eigenvalue weighted by Crippen LogP contribution is -2.58. The summed E-state index contributed by atoms with van der Waals surface area (Å²) in [7, 11) is 0. The largest absolute Gasteiger partial charge is 0.480 e. The van der Waals surface area contributed by atoms with Gasteiger partial charge in [0.25, 0.3) is 0 Å². The third-order valence-electron chi connectivity index (χ3n) is 5.22. The first-order valence-electron chi connectivity index (χ1n) is 7.84. The van der Waals surface area contributed by atoms with Crippen molar-refractivity contribution in [1.29, 1.82) is 0 Å². The molecule has 108 valence electrons. The van der Waals surface area contributed by atoms with Crippen molar-refractivity contribution in [3.63, 3.8) is 0 Å². The van der Waals surface area contributed by atoms with Crippen molar-refractivity contribution >= 4 is 5.97 Å². The fourth-order valence-corrected chi connectivity index (χ4v) is 3.96. The highest BCUT2D eigenvalue weighted by atomic mass is 16.4. The van der Waals surface area contributed by atoms with E-state index in [1.54, 1.807) is 0 Å². The fraction of sp³-hybridized carbons (Fsp3) is 0.933. The first-order chi connectivity index (χ1) is 9.08. The monoisotopic (exact) mass is 266 g/mol. The van der Waals surface area contributed by atoms with Crippen LogP contribution in [0.3, 0.4) is 0 Å². The first-order valence-corrected chi connectivity index (χ1v) is 7.84. The van der Waals surface area contributed by atoms with E-state index < -0.39 is 11.5 Å². The number of nitrogens with one attached hydrogen (secondary N) is 1. The molecular weight excluding hydrogens is 240 g/mol. The molecule has 3 aliphatic rings. The minimum absolute atomic E-state index is 0.436. The van der Waals surface area contributed by atoms with Gasteiger partial charge in [-0.15, -0.1) is 0 Å². The molecule has 1 aliphatic heterocycles. The van der Waals surface area contributed by atoms with E-state index in [2.05, 4.69) is 10.2 Å². The van der Waals surface area contributed by atoms with Crippen molar-refractivity contribution in [2.24, 2.45) is 5.92 Å². The Morgan fingerprint density at radius 3 is 2.68 bits per heavy atom. The Bertz CT molecular complexity index is 356. The summed E-state index contributed by atoms with van der Waals surface area (Å²) >= 11 is 0. The van der Waals surface area contributed by atoms with Gasteiger partial charge in [0.05, 0.1) is 0 Å². The van der Waals surface area contributed by atoms with E-state index in [-0.39, 0.29) is 0 Å². The van der Waals surface area contributed by atoms with Crippen molar-refractivity contribution in [3.05, 3.63) is 0 Å². The number of carbonyl (C=O) groups is 1. The Labute approximate surface area is 115 Å². The Balaban J connectivity index is 1.66. The maximum Gasteiger partial charge on any atom is 0.324 e. The summed E-state index contributed by atoms with van der Waals surface area (Å²) in [4.78, 5) is 14.1. The molecule has 0 radical (unpaired) electrons. The average molecular weight is 266 g/mol. The molecule has 0 aromatic carbocycles. The highest BCUT2D eigenvalue weighted by molar-refractivity contribution is 5.78. The van der Waals surface area contributed by atoms with E-state index in [1.165, 1.54) is 32.1 Å². The van der Waals surface area contributed by atoms with E-state index in [9.17, 15) is 9.90 Å². The van der Waals surface area contributed by atoms with E-state index in [0.717, 1.165) is 25.3 Å². The Kier molecular flexibility index (Phi) is 3.56. The van der Waals surface area contributed by atoms with Gasteiger partial charge in [-0.3, -0.25) is 15.0 Å². The molecule has 1 saturated heterocycles. The highest BCUT2D eigenvalue weighted by Gasteiger charge is 2.44. The van der Waals surface area contributed by atoms with Crippen molar-refractivity contribution in [2.75, 3.05) is 13.1 Å². The van der Waals surface area contributed by atoms with Crippen molar-refractivity contribution in [3.8, 4) is 0 Å². The Morgan fingerprint density at radius 2 is 2.00 bits per heavy atom. The molecule has 3 unspecified atom stereocenters. The second-order valence-corrected chi connectivity index (χ2v) is 6.93. The SMILES string of the molecule is CC(CN1CCC2CCCCC21)(NC1CC1)C(=O)O. The molecule has 2 saturated carbocycles. The minimum atomic E-state index is -0.770. The van der Waals surface area contributed by atoms with Crippen molar-refractivity contribution < 1.29 is 9.90 Å². The molecular formula is C15H26N2O2. The molecule has 0 aromatic rings. The van der Waals surface area contributed by atoms with Crippen molar-refractivity contribution in [1.82, 2.24) is 10.2 Å². The zero-order valence-electron chi connectivity index (χ0n) is 11.9. The van der Waals surface area contributed by atoms with Gasteiger partial charge in [-0.1, -0.05) is 12.8 Å². The molecule has 3 atom stereocenters. The predicted octanol–water partition coefficient (Wildman–Crippen LogP) is 1.85. The molecule has 3 fully saturated rings. The van der Waals surface area contributed by atoms with E-state index in [0.29, 0.717) is 18.6 Å². The molecule has 0 amide bonds. The number of carboxylic acid groups (broad SMARTS) is 1. The number of hydrogen-bond acceptors (Lipinski definition) is 3. The van der Waals surface area contributed by atoms with Crippen molar-refractivity contribution in [2.45, 2.75) is 69.5 Å². The summed E-state index contributed by atoms with van der Waals surface area (Å²) in [6.45, 7) is 3.62. The third-order valence-corrected chi connectivity index (χ3v) is 5.22. The number of hydrogen-bond donors (Lipinski definition) is 2. The van der Waals surface area contributed by atoms with Crippen LogP contribution in [0.25, 0.3) is 0 Å². The van der Waals surface area contributed by atoms with E-state index in [4.69, 9.17) is 0 Å². The van der Waals surface area contributed by atoms with Crippen LogP contribution >= 0.6 is 0 Å². The molecule has 2 aliphatic carbocycles. The zero-order valence-corrected chi connectivity index (χ0v) is 11.9. The van der Waals surface area contributed by atoms with Gasteiger partial charge >= 0.3 is 5.97 Å². The van der Waals surface area contributed by atoms with E-state index in [1.807, 2.05) is 6.92 Å². The molecule has 19 heavy (non-hydrogen) atoms. The van der Waals surface area contributed by atoms with Gasteiger partial charge in [-0.2, -0.15) is 0 Å². The lowest BCUT2D eigenvalue weighted by Gasteiger charge is -2.37. The summed E-state index contributed by atoms with van der Waals surface area (Å²) in [5, 5.41) is 12.9. The van der Waals surface area contributed by atoms with Gasteiger partial charge in [0, 0.05) is 18.6 Å². The number of nitrogens with zero attached hydrogens (tertiary/aromatic N) is 1. The summed E-state index contributed by atoms with van der Waals surface area (Å²) in [5.74, 6) is 0.131. The van der Waals surface area contributed by atoms with Crippen LogP contribution in [0.1, 0.15) is 51.9 Å². The Hall–Kier alpha value is -0.610. The smallest absolute Gasteiger partial charge is 0.324 e. The molecule has 0 bridgehead atoms. The predicted molar refractivity (Wildman–Crippen MR) is 74.1 cm³/mol. The topological polar surface area (TPSA) is 52.6 Å². The molecule has 1 heterocycles. The van der Waals surface area contributed by atoms with E-state index >= 15 is 0 Å². The van der Waals surface area contributed by atoms with Gasteiger partial charge in [0.1, 0.15) is 5.54 Å². The summed E-state index contributed by atoms with van der Waals surface area (Å²) < 4.78 is 0. The Morgan fingerprint density at radius 1 is 1.26 bits per heavy atom. The van der Waals surface area contributed by atoms with Crippen LogP contribution in [0.4, 0.5) is 0 Å². The van der Waals surface area contributed by atoms with Gasteiger partial charge < -0.3 is 5.11 Å². The molecule has 4 heteroatoms. The van der Waals surface area contributed by atoms with Gasteiger partial charge in [-0.25, -0.2) is 0 Å². The van der Waals surface area contributed by atoms with Crippen LogP contribution in [0.15, 0.2) is 0 Å². The summed E-state index contributed by atoms with van der Waals surface area (Å²) in [6.07, 6.45) is 8.83. The number of likely N-dealkylation sites (tertiary alicyclic amines) is 1. The summed E-state index contributed by atoms with van der Waals surface area (Å²) in [6, 6.07) is 1.08. The summed E-state index contributed by atoms with van der Waals surface area (Å²) in [5.41, 5.74) is -0.770. The van der Waals surface area contributed by atoms with Crippen LogP contribution in [0.5, 0.6) is 0 Å². The quantitative estimate of drug-likeness (QED) is 0.797. The molecule has 3 rings (SSSR count). The number of rotatable bonds is 5. The lowest BCUT2D eigenvalue weighted by molar-refractivity contribution is -0.145. The maximum absolute atomic E-state index is 11.6. The average Bonchev–Trinajstić information content (AvgIpc) is 3.10. The second kappa shape index (κ2) is 5.06. The maximum atomic E-state index is 11.6. The van der Waals surface area contributed by atoms with Crippen LogP contribution in [0.2, 0.25) is 0 Å². The van der Waals surface area contributed by atoms with Crippen LogP contribution in [-0.4, -0.2) is 46.7 Å². The zero-order chi connectivity index (χ0) is 13.5. The normalized spacial score (nSPS) is 34.8. The van der Waals surface area contributed by atoms with Gasteiger partial charge in [0.2, 0.25) is 0 Å². The minimum Gasteiger partial charge on any atom is -0.480 e. The third kappa shape index (κ3) is 2.79.